The van der Waals surface area contributed by atoms with Crippen LogP contribution in [0.15, 0.2) is 72.8 Å². The van der Waals surface area contributed by atoms with Gasteiger partial charge in [0.1, 0.15) is 5.75 Å². The number of hydrogen-bond donors (Lipinski definition) is 0. The van der Waals surface area contributed by atoms with Crippen molar-refractivity contribution in [2.45, 2.75) is 13.8 Å². The van der Waals surface area contributed by atoms with Crippen LogP contribution >= 0.6 is 0 Å². The van der Waals surface area contributed by atoms with Crippen LogP contribution in [0.25, 0.3) is 11.1 Å². The Bertz CT molecular complexity index is 714. The van der Waals surface area contributed by atoms with Crippen molar-refractivity contribution in [2.24, 2.45) is 0 Å². The highest BCUT2D eigenvalue weighted by molar-refractivity contribution is 5.90. The van der Waals surface area contributed by atoms with E-state index >= 15 is 0 Å². The molecule has 1 N–H and O–H groups in total. The second-order valence-corrected chi connectivity index (χ2v) is 5.41. The highest BCUT2D eigenvalue weighted by Crippen LogP contribution is 2.25. The summed E-state index contributed by atoms with van der Waals surface area (Å²) in [6.07, 6.45) is 0. The first-order valence-electron chi connectivity index (χ1n) is 7.34. The van der Waals surface area contributed by atoms with E-state index in [0.29, 0.717) is 22.6 Å². The van der Waals surface area contributed by atoms with E-state index in [1.165, 1.54) is 0 Å². The summed E-state index contributed by atoms with van der Waals surface area (Å²) in [5.41, 5.74) is 2.74. The minimum absolute atomic E-state index is 0.202. The van der Waals surface area contributed by atoms with E-state index in [1.54, 1.807) is 38.1 Å². The van der Waals surface area contributed by atoms with Crippen LogP contribution in [0.1, 0.15) is 13.8 Å². The molecule has 122 valence electrons. The molecule has 0 aliphatic heterocycles. The number of carbonyl (C=O) groups excluding carboxylic acids is 2. The van der Waals surface area contributed by atoms with Crippen molar-refractivity contribution in [3.05, 3.63) is 72.8 Å². The Labute approximate surface area is 141 Å². The summed E-state index contributed by atoms with van der Waals surface area (Å²) in [5.74, 6) is 0.336. The van der Waals surface area contributed by atoms with Crippen LogP contribution in [0.2, 0.25) is 0 Å². The second-order valence-electron chi connectivity index (χ2n) is 5.41. The van der Waals surface area contributed by atoms with Crippen LogP contribution in [0.4, 0.5) is 0 Å². The molecule has 0 fully saturated rings. The van der Waals surface area contributed by atoms with Crippen molar-refractivity contribution in [3.8, 4) is 22.6 Å². The summed E-state index contributed by atoms with van der Waals surface area (Å²) in [5, 5.41) is 0. The fourth-order valence-corrected chi connectivity index (χ4v) is 1.82. The average Bonchev–Trinajstić information content (AvgIpc) is 2.56. The van der Waals surface area contributed by atoms with Crippen LogP contribution < -0.4 is 9.47 Å². The first-order chi connectivity index (χ1) is 11.4. The van der Waals surface area contributed by atoms with Gasteiger partial charge < -0.3 is 9.53 Å². The summed E-state index contributed by atoms with van der Waals surface area (Å²) in [6, 6.07) is 14.4. The van der Waals surface area contributed by atoms with Gasteiger partial charge >= 0.3 is 11.9 Å². The molecule has 2 rings (SSSR count). The molecule has 0 spiro atoms. The zero-order valence-electron chi connectivity index (χ0n) is 13.7. The van der Waals surface area contributed by atoms with Gasteiger partial charge in [-0.1, -0.05) is 25.3 Å². The molecule has 0 atom stereocenters. The first kappa shape index (κ1) is 17.2. The maximum atomic E-state index is 11.5. The van der Waals surface area contributed by atoms with Crippen LogP contribution in [0, 0.1) is 0 Å². The molecule has 4 nitrogen and oxygen atoms in total. The highest BCUT2D eigenvalue weighted by atomic mass is 16.5. The number of benzene rings is 2. The van der Waals surface area contributed by atoms with E-state index < -0.39 is 5.97 Å². The van der Waals surface area contributed by atoms with E-state index in [-0.39, 0.29) is 5.97 Å². The van der Waals surface area contributed by atoms with Gasteiger partial charge in [-0.05, 0) is 49.2 Å². The molecule has 0 aliphatic carbocycles. The Morgan fingerprint density at radius 1 is 0.792 bits per heavy atom. The molecular weight excluding hydrogens is 304 g/mol. The van der Waals surface area contributed by atoms with Gasteiger partial charge in [0, 0.05) is 17.7 Å². The maximum absolute atomic E-state index is 11.5. The van der Waals surface area contributed by atoms with Gasteiger partial charge in [0.25, 0.3) is 0 Å². The number of esters is 2. The molecule has 0 heterocycles. The Balaban J connectivity index is 2.09. The SMILES string of the molecule is C=C(C)C(=O)Oc1ccc(-c2ccc(OC(=[OH+])C(=C)C)cc2)cc1. The predicted octanol–water partition coefficient (Wildman–Crippen LogP) is 4.29. The van der Waals surface area contributed by atoms with Crippen LogP contribution in [-0.4, -0.2) is 16.7 Å². The fraction of sp³-hybridized carbons (Fsp3) is 0.100. The molecule has 2 aromatic rings. The first-order valence-corrected chi connectivity index (χ1v) is 7.34. The average molecular weight is 323 g/mol. The largest absolute Gasteiger partial charge is 0.518 e. The van der Waals surface area contributed by atoms with Gasteiger partial charge in [-0.15, -0.1) is 0 Å². The lowest BCUT2D eigenvalue weighted by molar-refractivity contribution is -0.130. The van der Waals surface area contributed by atoms with Crippen molar-refractivity contribution in [3.63, 3.8) is 0 Å². The van der Waals surface area contributed by atoms with Crippen molar-refractivity contribution < 1.29 is 19.1 Å². The topological polar surface area (TPSA) is 56.9 Å². The van der Waals surface area contributed by atoms with Crippen molar-refractivity contribution in [1.29, 1.82) is 0 Å². The smallest absolute Gasteiger partial charge is 0.423 e. The van der Waals surface area contributed by atoms with Gasteiger partial charge in [-0.25, -0.2) is 4.79 Å². The third kappa shape index (κ3) is 4.43. The quantitative estimate of drug-likeness (QED) is 0.357. The number of ether oxygens (including phenoxy) is 2. The molecule has 0 amide bonds. The van der Waals surface area contributed by atoms with Crippen LogP contribution in [-0.2, 0) is 4.79 Å². The summed E-state index contributed by atoms with van der Waals surface area (Å²) < 4.78 is 10.4. The van der Waals surface area contributed by atoms with E-state index in [9.17, 15) is 9.59 Å². The molecule has 0 aliphatic rings. The van der Waals surface area contributed by atoms with Gasteiger partial charge in [-0.3, -0.25) is 4.74 Å². The molecule has 0 aromatic heterocycles. The summed E-state index contributed by atoms with van der Waals surface area (Å²) in [4.78, 5) is 21.0. The molecule has 0 radical (unpaired) electrons. The fourth-order valence-electron chi connectivity index (χ4n) is 1.82. The minimum atomic E-state index is -0.446. The number of rotatable bonds is 5. The summed E-state index contributed by atoms with van der Waals surface area (Å²) in [6.45, 7) is 10.4. The van der Waals surface area contributed by atoms with E-state index in [4.69, 9.17) is 9.47 Å². The second kappa shape index (κ2) is 7.42. The van der Waals surface area contributed by atoms with Crippen LogP contribution in [0.5, 0.6) is 11.5 Å². The monoisotopic (exact) mass is 323 g/mol. The Hall–Kier alpha value is -3.14. The maximum Gasteiger partial charge on any atom is 0.518 e. The zero-order chi connectivity index (χ0) is 17.7. The Kier molecular flexibility index (Phi) is 5.32. The molecule has 0 unspecified atom stereocenters. The van der Waals surface area contributed by atoms with E-state index in [2.05, 4.69) is 13.2 Å². The summed E-state index contributed by atoms with van der Waals surface area (Å²) >= 11 is 0. The minimum Gasteiger partial charge on any atom is -0.423 e. The lowest BCUT2D eigenvalue weighted by atomic mass is 10.1. The van der Waals surface area contributed by atoms with Crippen molar-refractivity contribution in [1.82, 2.24) is 0 Å². The van der Waals surface area contributed by atoms with Crippen molar-refractivity contribution in [2.75, 3.05) is 0 Å². The standard InChI is InChI=1S/C20H18O4/c1-13(2)19(21)23-17-9-5-15(6-10-17)16-7-11-18(12-8-16)24-20(22)14(3)4/h5-12H,1,3H2,2,4H3/p+1. The predicted molar refractivity (Wildman–Crippen MR) is 94.7 cm³/mol. The highest BCUT2D eigenvalue weighted by Gasteiger charge is 2.15. The summed E-state index contributed by atoms with van der Waals surface area (Å²) in [7, 11) is 0. The third-order valence-electron chi connectivity index (χ3n) is 3.18. The third-order valence-corrected chi connectivity index (χ3v) is 3.18. The normalized spacial score (nSPS) is 9.92. The Morgan fingerprint density at radius 3 is 1.58 bits per heavy atom. The van der Waals surface area contributed by atoms with Gasteiger partial charge in [0.15, 0.2) is 0 Å². The molecule has 2 aromatic carbocycles. The molecule has 0 bridgehead atoms. The number of carbonyl (C=O) groups is 1. The molecular formula is C20H19O4+. The van der Waals surface area contributed by atoms with Crippen LogP contribution in [0.3, 0.4) is 0 Å². The molecule has 4 heteroatoms. The van der Waals surface area contributed by atoms with Crippen molar-refractivity contribution >= 4 is 11.9 Å². The van der Waals surface area contributed by atoms with Gasteiger partial charge in [-0.2, -0.15) is 0 Å². The lowest BCUT2D eigenvalue weighted by Crippen LogP contribution is -2.08. The molecule has 0 saturated heterocycles. The molecule has 0 saturated carbocycles. The van der Waals surface area contributed by atoms with Gasteiger partial charge in [0.2, 0.25) is 5.75 Å². The van der Waals surface area contributed by atoms with Gasteiger partial charge in [0.05, 0.1) is 5.57 Å². The molecule has 24 heavy (non-hydrogen) atoms. The zero-order valence-corrected chi connectivity index (χ0v) is 13.7. The lowest BCUT2D eigenvalue weighted by Gasteiger charge is -2.06. The van der Waals surface area contributed by atoms with E-state index in [0.717, 1.165) is 11.1 Å². The Morgan fingerprint density at radius 2 is 1.21 bits per heavy atom. The number of hydrogen-bond acceptors (Lipinski definition) is 3. The van der Waals surface area contributed by atoms with E-state index in [1.807, 2.05) is 24.3 Å².